The number of nitrogens with one attached hydrogen (secondary N) is 1. The Morgan fingerprint density at radius 1 is 1.41 bits per heavy atom. The second-order valence-electron chi connectivity index (χ2n) is 8.74. The predicted octanol–water partition coefficient (Wildman–Crippen LogP) is 2.51. The van der Waals surface area contributed by atoms with Gasteiger partial charge in [0, 0.05) is 17.9 Å². The van der Waals surface area contributed by atoms with Crippen molar-refractivity contribution in [3.8, 4) is 0 Å². The Morgan fingerprint density at radius 2 is 2.18 bits per heavy atom. The van der Waals surface area contributed by atoms with Crippen LogP contribution in [-0.2, 0) is 24.4 Å². The molecule has 0 spiro atoms. The van der Waals surface area contributed by atoms with E-state index in [9.17, 15) is 14.4 Å². The predicted molar refractivity (Wildman–Crippen MR) is 129 cm³/mol. The van der Waals surface area contributed by atoms with Crippen LogP contribution in [0.5, 0.6) is 0 Å². The number of rotatable bonds is 9. The van der Waals surface area contributed by atoms with E-state index in [4.69, 9.17) is 4.74 Å². The largest absolute Gasteiger partial charge is 0.376 e. The molecule has 1 saturated heterocycles. The number of nitrogens with zero attached hydrogens (tertiary/aromatic N) is 4. The average Bonchev–Trinajstić information content (AvgIpc) is 3.51. The Hall–Kier alpha value is -3.05. The third-order valence-corrected chi connectivity index (χ3v) is 7.66. The molecule has 3 aromatic rings. The zero-order chi connectivity index (χ0) is 24.6. The van der Waals surface area contributed by atoms with Crippen LogP contribution >= 0.6 is 11.3 Å². The van der Waals surface area contributed by atoms with Crippen LogP contribution in [0.2, 0.25) is 0 Å². The van der Waals surface area contributed by atoms with E-state index in [1.807, 2.05) is 0 Å². The maximum Gasteiger partial charge on any atom is 0.343 e. The van der Waals surface area contributed by atoms with Crippen LogP contribution < -0.4 is 16.9 Å². The van der Waals surface area contributed by atoms with E-state index in [0.717, 1.165) is 22.3 Å². The normalized spacial score (nSPS) is 17.8. The molecule has 0 saturated carbocycles. The van der Waals surface area contributed by atoms with Gasteiger partial charge >= 0.3 is 11.4 Å². The van der Waals surface area contributed by atoms with Crippen LogP contribution in [-0.4, -0.2) is 42.3 Å². The van der Waals surface area contributed by atoms with E-state index >= 15 is 4.39 Å². The van der Waals surface area contributed by atoms with E-state index < -0.39 is 23.5 Å². The van der Waals surface area contributed by atoms with E-state index in [0.29, 0.717) is 22.4 Å². The Labute approximate surface area is 198 Å². The van der Waals surface area contributed by atoms with Crippen molar-refractivity contribution in [2.24, 2.45) is 0 Å². The molecule has 9 nitrogen and oxygen atoms in total. The van der Waals surface area contributed by atoms with Gasteiger partial charge in [-0.25, -0.2) is 18.7 Å². The number of allylic oxidation sites excluding steroid dienone is 2. The van der Waals surface area contributed by atoms with Gasteiger partial charge in [-0.2, -0.15) is 5.10 Å². The molecule has 11 heteroatoms. The number of fused-ring (bicyclic) bond motifs is 1. The van der Waals surface area contributed by atoms with Crippen LogP contribution in [0, 0.1) is 6.92 Å². The van der Waals surface area contributed by atoms with Crippen molar-refractivity contribution < 1.29 is 9.13 Å². The minimum Gasteiger partial charge on any atom is -0.376 e. The first-order chi connectivity index (χ1) is 16.2. The maximum atomic E-state index is 15.7. The fraction of sp³-hybridized carbons (Fsp3) is 0.478. The van der Waals surface area contributed by atoms with E-state index in [2.05, 4.69) is 23.2 Å². The molecule has 4 heterocycles. The second kappa shape index (κ2) is 9.30. The average molecular weight is 490 g/mol. The third-order valence-electron chi connectivity index (χ3n) is 6.36. The van der Waals surface area contributed by atoms with Gasteiger partial charge < -0.3 is 4.74 Å². The first-order valence-corrected chi connectivity index (χ1v) is 11.9. The topological polar surface area (TPSA) is 104 Å². The minimum absolute atomic E-state index is 0.0755. The third kappa shape index (κ3) is 4.25. The number of ether oxygens (including phenoxy) is 1. The highest BCUT2D eigenvalue weighted by Crippen LogP contribution is 2.30. The number of alkyl halides is 1. The molecule has 1 fully saturated rings. The summed E-state index contributed by atoms with van der Waals surface area (Å²) < 4.78 is 25.2. The number of halogens is 1. The summed E-state index contributed by atoms with van der Waals surface area (Å²) >= 11 is 1.27. The van der Waals surface area contributed by atoms with Crippen LogP contribution in [0.3, 0.4) is 0 Å². The van der Waals surface area contributed by atoms with E-state index in [1.54, 1.807) is 6.92 Å². The molecule has 1 aliphatic heterocycles. The van der Waals surface area contributed by atoms with Gasteiger partial charge in [0.05, 0.1) is 31.1 Å². The lowest BCUT2D eigenvalue weighted by atomic mass is 9.94. The molecule has 2 unspecified atom stereocenters. The lowest BCUT2D eigenvalue weighted by Crippen LogP contribution is -2.46. The Bertz CT molecular complexity index is 1420. The van der Waals surface area contributed by atoms with Gasteiger partial charge in [0.2, 0.25) is 0 Å². The summed E-state index contributed by atoms with van der Waals surface area (Å²) in [4.78, 5) is 42.8. The summed E-state index contributed by atoms with van der Waals surface area (Å²) in [7, 11) is 0. The fourth-order valence-electron chi connectivity index (χ4n) is 4.27. The second-order valence-corrected chi connectivity index (χ2v) is 9.82. The van der Waals surface area contributed by atoms with Crippen molar-refractivity contribution in [2.75, 3.05) is 6.61 Å². The Balaban J connectivity index is 1.92. The van der Waals surface area contributed by atoms with Crippen molar-refractivity contribution >= 4 is 21.6 Å². The summed E-state index contributed by atoms with van der Waals surface area (Å²) in [5.74, 6) is 0. The zero-order valence-electron chi connectivity index (χ0n) is 19.3. The number of hydrogen-bond donors (Lipinski definition) is 1. The zero-order valence-corrected chi connectivity index (χ0v) is 20.1. The molecule has 0 aromatic carbocycles. The number of thiophene rings is 1. The quantitative estimate of drug-likeness (QED) is 0.465. The van der Waals surface area contributed by atoms with Crippen LogP contribution in [0.4, 0.5) is 4.39 Å². The van der Waals surface area contributed by atoms with Gasteiger partial charge in [-0.3, -0.25) is 18.9 Å². The molecule has 3 aromatic heterocycles. The molecule has 0 radical (unpaired) electrons. The van der Waals surface area contributed by atoms with Crippen LogP contribution in [0.1, 0.15) is 36.6 Å². The number of aromatic amines is 1. The summed E-state index contributed by atoms with van der Waals surface area (Å²) in [5.41, 5.74) is -2.67. The van der Waals surface area contributed by atoms with Crippen molar-refractivity contribution in [3.63, 3.8) is 0 Å². The summed E-state index contributed by atoms with van der Waals surface area (Å²) in [6, 6.07) is 0. The van der Waals surface area contributed by atoms with Crippen molar-refractivity contribution in [2.45, 2.75) is 64.5 Å². The number of H-pyrrole nitrogens is 1. The standard InChI is InChI=1S/C23H28FN5O4S/c1-5-8-23(24,14(2)3)12-28-19(30)18-15(4)17(11-29-21(31)25-13-26-29)34-20(18)27(22(28)32)10-16-7-6-9-33-16/h5,13,16H,1-2,6-12H2,3-4H3,(H,25,26,31). The first-order valence-electron chi connectivity index (χ1n) is 11.1. The lowest BCUT2D eigenvalue weighted by Gasteiger charge is -2.26. The van der Waals surface area contributed by atoms with Crippen molar-refractivity contribution in [3.05, 3.63) is 72.9 Å². The fourth-order valence-corrected chi connectivity index (χ4v) is 5.55. The van der Waals surface area contributed by atoms with Gasteiger partial charge in [-0.15, -0.1) is 17.9 Å². The summed E-state index contributed by atoms with van der Waals surface area (Å²) in [6.07, 6.45) is 4.15. The molecular formula is C23H28FN5O4S. The highest BCUT2D eigenvalue weighted by molar-refractivity contribution is 7.18. The van der Waals surface area contributed by atoms with Crippen molar-refractivity contribution in [1.29, 1.82) is 0 Å². The minimum atomic E-state index is -1.99. The molecule has 1 N–H and O–H groups in total. The monoisotopic (exact) mass is 489 g/mol. The van der Waals surface area contributed by atoms with Gasteiger partial charge in [0.25, 0.3) is 5.56 Å². The summed E-state index contributed by atoms with van der Waals surface area (Å²) in [6.45, 7) is 11.2. The van der Waals surface area contributed by atoms with Gasteiger partial charge in [-0.1, -0.05) is 12.7 Å². The first kappa shape index (κ1) is 24.1. The van der Waals surface area contributed by atoms with Gasteiger partial charge in [0.15, 0.2) is 5.67 Å². The lowest BCUT2D eigenvalue weighted by molar-refractivity contribution is 0.0961. The molecular weight excluding hydrogens is 461 g/mol. The van der Waals surface area contributed by atoms with E-state index in [-0.39, 0.29) is 36.9 Å². The number of aromatic nitrogens is 5. The smallest absolute Gasteiger partial charge is 0.343 e. The highest BCUT2D eigenvalue weighted by atomic mass is 32.1. The van der Waals surface area contributed by atoms with Crippen molar-refractivity contribution in [1.82, 2.24) is 23.9 Å². The Morgan fingerprint density at radius 3 is 2.76 bits per heavy atom. The maximum absolute atomic E-state index is 15.7. The molecule has 1 aliphatic rings. The molecule has 0 amide bonds. The SMILES string of the molecule is C=CCC(F)(Cn1c(=O)c2c(C)c(Cn3nc[nH]c3=O)sc2n(CC2CCCO2)c1=O)C(=C)C. The molecule has 182 valence electrons. The van der Waals surface area contributed by atoms with Gasteiger partial charge in [-0.05, 0) is 37.8 Å². The number of aryl methyl sites for hydroxylation is 1. The Kier molecular flexibility index (Phi) is 6.59. The highest BCUT2D eigenvalue weighted by Gasteiger charge is 2.33. The number of hydrogen-bond acceptors (Lipinski definition) is 6. The molecule has 0 aliphatic carbocycles. The summed E-state index contributed by atoms with van der Waals surface area (Å²) in [5, 5.41) is 4.33. The van der Waals surface area contributed by atoms with Gasteiger partial charge in [0.1, 0.15) is 11.2 Å². The molecule has 4 rings (SSSR count). The van der Waals surface area contributed by atoms with Crippen LogP contribution in [0.25, 0.3) is 10.2 Å². The molecule has 0 bridgehead atoms. The van der Waals surface area contributed by atoms with Crippen LogP contribution in [0.15, 0.2) is 45.5 Å². The van der Waals surface area contributed by atoms with E-state index in [1.165, 1.54) is 39.9 Å². The molecule has 34 heavy (non-hydrogen) atoms. The molecule has 2 atom stereocenters.